The van der Waals surface area contributed by atoms with Crippen LogP contribution in [0.3, 0.4) is 0 Å². The van der Waals surface area contributed by atoms with Crippen LogP contribution in [-0.4, -0.2) is 11.8 Å². The van der Waals surface area contributed by atoms with E-state index in [1.807, 2.05) is 0 Å². The summed E-state index contributed by atoms with van der Waals surface area (Å²) < 4.78 is 13.2. The summed E-state index contributed by atoms with van der Waals surface area (Å²) in [5.41, 5.74) is 2.73. The molecule has 2 amide bonds. The highest BCUT2D eigenvalue weighted by atomic mass is 19.1. The van der Waals surface area contributed by atoms with Crippen molar-refractivity contribution >= 4 is 17.5 Å². The van der Waals surface area contributed by atoms with Crippen LogP contribution in [0.15, 0.2) is 54.2 Å². The van der Waals surface area contributed by atoms with Crippen molar-refractivity contribution < 1.29 is 14.0 Å². The first-order valence-corrected chi connectivity index (χ1v) is 8.05. The molecule has 26 heavy (non-hydrogen) atoms. The lowest BCUT2D eigenvalue weighted by molar-refractivity contribution is -0.121. The highest BCUT2D eigenvalue weighted by molar-refractivity contribution is 6.06. The zero-order valence-electron chi connectivity index (χ0n) is 14.0. The summed E-state index contributed by atoms with van der Waals surface area (Å²) >= 11 is 0. The lowest BCUT2D eigenvalue weighted by Gasteiger charge is -2.24. The fraction of sp³-hybridized carbons (Fsp3) is 0.150. The number of carbonyl (C=O) groups excluding carboxylic acids is 2. The highest BCUT2D eigenvalue weighted by Crippen LogP contribution is 2.31. The van der Waals surface area contributed by atoms with E-state index < -0.39 is 5.92 Å². The number of carbonyl (C=O) groups is 2. The first kappa shape index (κ1) is 17.4. The van der Waals surface area contributed by atoms with E-state index >= 15 is 0 Å². The van der Waals surface area contributed by atoms with Gasteiger partial charge in [0, 0.05) is 29.8 Å². The molecule has 1 aliphatic rings. The maximum atomic E-state index is 13.2. The molecule has 0 unspecified atom stereocenters. The molecule has 0 spiro atoms. The van der Waals surface area contributed by atoms with Crippen LogP contribution in [0.1, 0.15) is 29.0 Å². The molecule has 0 saturated carbocycles. The van der Waals surface area contributed by atoms with Gasteiger partial charge in [-0.3, -0.25) is 9.59 Å². The number of anilines is 1. The van der Waals surface area contributed by atoms with Gasteiger partial charge in [-0.15, -0.1) is 0 Å². The Hall–Kier alpha value is -3.46. The third-order valence-corrected chi connectivity index (χ3v) is 4.39. The smallest absolute Gasteiger partial charge is 0.253 e. The fourth-order valence-corrected chi connectivity index (χ4v) is 2.92. The molecule has 2 N–H and O–H groups in total. The molecular weight excluding hydrogens is 333 g/mol. The van der Waals surface area contributed by atoms with E-state index in [1.54, 1.807) is 37.3 Å². The van der Waals surface area contributed by atoms with Crippen LogP contribution in [0.25, 0.3) is 0 Å². The summed E-state index contributed by atoms with van der Waals surface area (Å²) in [6, 6.07) is 12.9. The van der Waals surface area contributed by atoms with Crippen molar-refractivity contribution in [3.05, 3.63) is 76.7 Å². The van der Waals surface area contributed by atoms with Gasteiger partial charge in [0.1, 0.15) is 5.82 Å². The van der Waals surface area contributed by atoms with Crippen molar-refractivity contribution in [1.29, 1.82) is 5.26 Å². The second-order valence-corrected chi connectivity index (χ2v) is 6.02. The predicted molar refractivity (Wildman–Crippen MR) is 94.5 cm³/mol. The Labute approximate surface area is 150 Å². The van der Waals surface area contributed by atoms with Crippen LogP contribution < -0.4 is 10.6 Å². The average molecular weight is 349 g/mol. The van der Waals surface area contributed by atoms with E-state index in [0.717, 1.165) is 0 Å². The Kier molecular flexibility index (Phi) is 4.81. The number of hydrogen-bond donors (Lipinski definition) is 2. The van der Waals surface area contributed by atoms with Crippen molar-refractivity contribution in [3.63, 3.8) is 0 Å². The molecule has 2 aromatic carbocycles. The Morgan fingerprint density at radius 2 is 2.00 bits per heavy atom. The van der Waals surface area contributed by atoms with Gasteiger partial charge in [0.25, 0.3) is 5.91 Å². The molecule has 0 radical (unpaired) electrons. The molecule has 5 nitrogen and oxygen atoms in total. The zero-order chi connectivity index (χ0) is 18.7. The molecule has 1 atom stereocenters. The molecule has 130 valence electrons. The van der Waals surface area contributed by atoms with Crippen molar-refractivity contribution in [1.82, 2.24) is 5.32 Å². The van der Waals surface area contributed by atoms with E-state index in [-0.39, 0.29) is 24.1 Å². The molecular formula is C20H16FN3O2. The quantitative estimate of drug-likeness (QED) is 0.893. The van der Waals surface area contributed by atoms with Gasteiger partial charge in [0.2, 0.25) is 5.91 Å². The van der Waals surface area contributed by atoms with E-state index in [0.29, 0.717) is 28.0 Å². The molecule has 3 rings (SSSR count). The van der Waals surface area contributed by atoms with Crippen LogP contribution in [0.2, 0.25) is 0 Å². The molecule has 0 aliphatic carbocycles. The van der Waals surface area contributed by atoms with E-state index in [4.69, 9.17) is 5.26 Å². The second-order valence-electron chi connectivity index (χ2n) is 6.02. The molecule has 1 aliphatic heterocycles. The van der Waals surface area contributed by atoms with Gasteiger partial charge < -0.3 is 10.6 Å². The first-order chi connectivity index (χ1) is 12.5. The van der Waals surface area contributed by atoms with Gasteiger partial charge in [-0.25, -0.2) is 4.39 Å². The Morgan fingerprint density at radius 3 is 2.69 bits per heavy atom. The Morgan fingerprint density at radius 1 is 1.27 bits per heavy atom. The van der Waals surface area contributed by atoms with Gasteiger partial charge in [0.15, 0.2) is 0 Å². The lowest BCUT2D eigenvalue weighted by atomic mass is 9.86. The predicted octanol–water partition coefficient (Wildman–Crippen LogP) is 3.13. The van der Waals surface area contributed by atoms with E-state index in [2.05, 4.69) is 16.7 Å². The Balaban J connectivity index is 1.90. The minimum atomic E-state index is -0.469. The fourth-order valence-electron chi connectivity index (χ4n) is 2.92. The third-order valence-electron chi connectivity index (χ3n) is 4.39. The van der Waals surface area contributed by atoms with Crippen molar-refractivity contribution in [2.24, 2.45) is 0 Å². The molecule has 0 aromatic heterocycles. The summed E-state index contributed by atoms with van der Waals surface area (Å²) in [6.45, 7) is 1.75. The van der Waals surface area contributed by atoms with Crippen LogP contribution in [0, 0.1) is 24.1 Å². The minimum absolute atomic E-state index is 0.0993. The number of nitrogens with zero attached hydrogens (tertiary/aromatic N) is 1. The first-order valence-electron chi connectivity index (χ1n) is 8.05. The van der Waals surface area contributed by atoms with Crippen LogP contribution in [0.4, 0.5) is 10.1 Å². The summed E-state index contributed by atoms with van der Waals surface area (Å²) in [7, 11) is 0. The maximum absolute atomic E-state index is 13.2. The largest absolute Gasteiger partial charge is 0.332 e. The minimum Gasteiger partial charge on any atom is -0.332 e. The molecule has 2 aromatic rings. The SMILES string of the molecule is Cc1c(C#N)cccc1NC(=O)C1=CNC(=O)C[C@H]1c1ccc(F)cc1. The number of amides is 2. The summed E-state index contributed by atoms with van der Waals surface area (Å²) in [5, 5.41) is 14.5. The van der Waals surface area contributed by atoms with Crippen LogP contribution in [0.5, 0.6) is 0 Å². The van der Waals surface area contributed by atoms with Crippen molar-refractivity contribution in [2.45, 2.75) is 19.3 Å². The number of benzene rings is 2. The van der Waals surface area contributed by atoms with Gasteiger partial charge >= 0.3 is 0 Å². The molecule has 6 heteroatoms. The third kappa shape index (κ3) is 3.47. The zero-order valence-corrected chi connectivity index (χ0v) is 14.0. The molecule has 1 heterocycles. The topological polar surface area (TPSA) is 82.0 Å². The van der Waals surface area contributed by atoms with Gasteiger partial charge in [0.05, 0.1) is 11.6 Å². The van der Waals surface area contributed by atoms with Crippen LogP contribution in [-0.2, 0) is 9.59 Å². The van der Waals surface area contributed by atoms with E-state index in [9.17, 15) is 14.0 Å². The maximum Gasteiger partial charge on any atom is 0.253 e. The Bertz CT molecular complexity index is 943. The number of hydrogen-bond acceptors (Lipinski definition) is 3. The van der Waals surface area contributed by atoms with Gasteiger partial charge in [-0.2, -0.15) is 5.26 Å². The molecule has 0 bridgehead atoms. The number of nitriles is 1. The van der Waals surface area contributed by atoms with E-state index in [1.165, 1.54) is 18.3 Å². The lowest BCUT2D eigenvalue weighted by Crippen LogP contribution is -2.32. The van der Waals surface area contributed by atoms with Crippen LogP contribution >= 0.6 is 0 Å². The number of halogens is 1. The monoisotopic (exact) mass is 349 g/mol. The molecule has 0 saturated heterocycles. The van der Waals surface area contributed by atoms with Gasteiger partial charge in [-0.1, -0.05) is 18.2 Å². The normalized spacial score (nSPS) is 16.3. The standard InChI is InChI=1S/C20H16FN3O2/c1-12-14(10-22)3-2-4-18(12)24-20(26)17-11-23-19(25)9-16(17)13-5-7-15(21)8-6-13/h2-8,11,16H,9H2,1H3,(H,23,25)(H,24,26)/t16-/m0/s1. The van der Waals surface area contributed by atoms with Crippen molar-refractivity contribution in [2.75, 3.05) is 5.32 Å². The summed E-state index contributed by atoms with van der Waals surface area (Å²) in [4.78, 5) is 24.6. The number of rotatable bonds is 3. The number of nitrogens with one attached hydrogen (secondary N) is 2. The average Bonchev–Trinajstić information content (AvgIpc) is 2.64. The van der Waals surface area contributed by atoms with Crippen molar-refractivity contribution in [3.8, 4) is 6.07 Å². The molecule has 0 fully saturated rings. The summed E-state index contributed by atoms with van der Waals surface area (Å²) in [6.07, 6.45) is 1.49. The van der Waals surface area contributed by atoms with Gasteiger partial charge in [-0.05, 0) is 42.3 Å². The second kappa shape index (κ2) is 7.19. The summed E-state index contributed by atoms with van der Waals surface area (Å²) in [5.74, 6) is -1.44. The highest BCUT2D eigenvalue weighted by Gasteiger charge is 2.29.